The number of nitrogens with zero attached hydrogens (tertiary/aromatic N) is 1. The van der Waals surface area contributed by atoms with Gasteiger partial charge in [-0.15, -0.1) is 0 Å². The molecule has 9 rings (SSSR count). The van der Waals surface area contributed by atoms with E-state index in [1.54, 1.807) is 0 Å². The Balaban J connectivity index is 1.43. The minimum atomic E-state index is -0.136. The van der Waals surface area contributed by atoms with Crippen LogP contribution in [0.5, 0.6) is 0 Å². The summed E-state index contributed by atoms with van der Waals surface area (Å²) in [6.45, 7) is 24.5. The molecule has 0 unspecified atom stereocenters. The zero-order chi connectivity index (χ0) is 38.0. The lowest BCUT2D eigenvalue weighted by atomic mass is 9.61. The van der Waals surface area contributed by atoms with Crippen LogP contribution in [0.4, 0.5) is 17.1 Å². The van der Waals surface area contributed by atoms with Gasteiger partial charge in [0, 0.05) is 22.1 Å². The summed E-state index contributed by atoms with van der Waals surface area (Å²) < 4.78 is 0. The lowest BCUT2D eigenvalue weighted by Gasteiger charge is -2.44. The van der Waals surface area contributed by atoms with Gasteiger partial charge in [0.2, 0.25) is 0 Å². The molecule has 0 saturated carbocycles. The van der Waals surface area contributed by atoms with Crippen molar-refractivity contribution in [2.75, 3.05) is 4.90 Å². The van der Waals surface area contributed by atoms with Crippen LogP contribution in [0.15, 0.2) is 115 Å². The van der Waals surface area contributed by atoms with Crippen LogP contribution in [-0.4, -0.2) is 0 Å². The highest BCUT2D eigenvalue weighted by molar-refractivity contribution is 6.03. The molecule has 0 N–H and O–H groups in total. The highest BCUT2D eigenvalue weighted by atomic mass is 15.1. The first-order valence-corrected chi connectivity index (χ1v) is 20.4. The fourth-order valence-corrected chi connectivity index (χ4v) is 10.6. The number of hydrogen-bond donors (Lipinski definition) is 0. The molecule has 0 heterocycles. The van der Waals surface area contributed by atoms with Crippen LogP contribution in [0.2, 0.25) is 0 Å². The topological polar surface area (TPSA) is 3.24 Å². The Kier molecular flexibility index (Phi) is 7.60. The average Bonchev–Trinajstić information content (AvgIpc) is 3.37. The van der Waals surface area contributed by atoms with E-state index in [9.17, 15) is 0 Å². The summed E-state index contributed by atoms with van der Waals surface area (Å²) in [4.78, 5) is 2.63. The molecule has 0 spiro atoms. The zero-order valence-corrected chi connectivity index (χ0v) is 34.2. The summed E-state index contributed by atoms with van der Waals surface area (Å²) in [5.41, 5.74) is 18.2. The molecule has 3 aliphatic carbocycles. The van der Waals surface area contributed by atoms with Crippen LogP contribution in [0, 0.1) is 0 Å². The average molecular weight is 708 g/mol. The molecule has 0 aromatic heterocycles. The molecule has 1 heteroatoms. The van der Waals surface area contributed by atoms with E-state index in [2.05, 4.69) is 189 Å². The third-order valence-electron chi connectivity index (χ3n) is 14.2. The first-order valence-electron chi connectivity index (χ1n) is 20.4. The second-order valence-electron chi connectivity index (χ2n) is 19.9. The molecule has 3 aliphatic rings. The van der Waals surface area contributed by atoms with E-state index in [1.165, 1.54) is 109 Å². The van der Waals surface area contributed by atoms with Gasteiger partial charge in [-0.05, 0) is 133 Å². The van der Waals surface area contributed by atoms with Crippen molar-refractivity contribution in [3.05, 3.63) is 149 Å². The Morgan fingerprint density at radius 2 is 0.981 bits per heavy atom. The van der Waals surface area contributed by atoms with Crippen LogP contribution in [0.25, 0.3) is 33.0 Å². The summed E-state index contributed by atoms with van der Waals surface area (Å²) in [6.07, 6.45) is 4.75. The number of hydrogen-bond acceptors (Lipinski definition) is 1. The minimum Gasteiger partial charge on any atom is -0.309 e. The highest BCUT2D eigenvalue weighted by Crippen LogP contribution is 2.57. The summed E-state index contributed by atoms with van der Waals surface area (Å²) in [7, 11) is 0. The highest BCUT2D eigenvalue weighted by Gasteiger charge is 2.42. The molecular formula is C53H57N. The number of anilines is 3. The van der Waals surface area contributed by atoms with Gasteiger partial charge in [-0.2, -0.15) is 0 Å². The fraction of sp³-hybridized carbons (Fsp3) is 0.358. The SMILES string of the molecule is CC1(C)CCC(C)(C)c2cc(N(c3cc4c(cc3-c3cccc5c3C(C)(C)CCC5(C)C)-c3ccccc3C4(C)C)c3cccc4ccccc34)ccc21. The standard InChI is InChI=1S/C53H57N/c1-49(2)27-28-51(5,6)45-31-35(25-26-42(45)49)54(46-24-15-18-34-17-11-12-19-36(34)46)47-33-44-39(37-20-13-14-22-41(37)53(44,9)10)32-40(47)38-21-16-23-43-48(38)52(7,8)30-29-50(43,3)4/h11-26,31-33H,27-30H2,1-10H3. The predicted octanol–water partition coefficient (Wildman–Crippen LogP) is 15.0. The van der Waals surface area contributed by atoms with Gasteiger partial charge in [-0.25, -0.2) is 0 Å². The summed E-state index contributed by atoms with van der Waals surface area (Å²) in [6, 6.07) is 44.7. The first kappa shape index (κ1) is 35.1. The van der Waals surface area contributed by atoms with E-state index in [0.29, 0.717) is 0 Å². The van der Waals surface area contributed by atoms with Gasteiger partial charge in [0.05, 0.1) is 11.4 Å². The second-order valence-corrected chi connectivity index (χ2v) is 19.9. The van der Waals surface area contributed by atoms with Gasteiger partial charge in [-0.1, -0.05) is 154 Å². The van der Waals surface area contributed by atoms with Crippen molar-refractivity contribution in [2.45, 2.75) is 122 Å². The summed E-state index contributed by atoms with van der Waals surface area (Å²) >= 11 is 0. The molecule has 0 atom stereocenters. The number of fused-ring (bicyclic) bond motifs is 6. The van der Waals surface area contributed by atoms with Crippen molar-refractivity contribution in [1.82, 2.24) is 0 Å². The molecule has 1 nitrogen and oxygen atoms in total. The molecule has 0 aliphatic heterocycles. The van der Waals surface area contributed by atoms with E-state index in [4.69, 9.17) is 0 Å². The Hall–Kier alpha value is -4.62. The molecule has 274 valence electrons. The molecule has 0 radical (unpaired) electrons. The Bertz CT molecular complexity index is 2480. The molecule has 6 aromatic rings. The van der Waals surface area contributed by atoms with Gasteiger partial charge in [-0.3, -0.25) is 0 Å². The monoisotopic (exact) mass is 707 g/mol. The third-order valence-corrected chi connectivity index (χ3v) is 14.2. The van der Waals surface area contributed by atoms with E-state index in [0.717, 1.165) is 0 Å². The van der Waals surface area contributed by atoms with E-state index < -0.39 is 0 Å². The molecule has 6 aromatic carbocycles. The maximum atomic E-state index is 2.63. The van der Waals surface area contributed by atoms with E-state index in [-0.39, 0.29) is 27.1 Å². The molecular weight excluding hydrogens is 651 g/mol. The largest absolute Gasteiger partial charge is 0.309 e. The van der Waals surface area contributed by atoms with Gasteiger partial charge in [0.25, 0.3) is 0 Å². The molecule has 0 fully saturated rings. The maximum absolute atomic E-state index is 2.63. The van der Waals surface area contributed by atoms with Crippen molar-refractivity contribution < 1.29 is 0 Å². The van der Waals surface area contributed by atoms with Crippen molar-refractivity contribution in [3.8, 4) is 22.3 Å². The normalized spacial score (nSPS) is 19.4. The van der Waals surface area contributed by atoms with Crippen molar-refractivity contribution in [2.24, 2.45) is 0 Å². The van der Waals surface area contributed by atoms with Crippen molar-refractivity contribution in [3.63, 3.8) is 0 Å². The molecule has 0 bridgehead atoms. The van der Waals surface area contributed by atoms with Crippen molar-refractivity contribution >= 4 is 27.8 Å². The smallest absolute Gasteiger partial charge is 0.0543 e. The van der Waals surface area contributed by atoms with Gasteiger partial charge < -0.3 is 4.90 Å². The Labute approximate surface area is 324 Å². The maximum Gasteiger partial charge on any atom is 0.0543 e. The van der Waals surface area contributed by atoms with E-state index in [1.807, 2.05) is 0 Å². The minimum absolute atomic E-state index is 0.0423. The summed E-state index contributed by atoms with van der Waals surface area (Å²) in [5, 5.41) is 2.53. The fourth-order valence-electron chi connectivity index (χ4n) is 10.6. The van der Waals surface area contributed by atoms with E-state index >= 15 is 0 Å². The predicted molar refractivity (Wildman–Crippen MR) is 232 cm³/mol. The van der Waals surface area contributed by atoms with Crippen LogP contribution in [0.1, 0.15) is 128 Å². The summed E-state index contributed by atoms with van der Waals surface area (Å²) in [5.74, 6) is 0. The van der Waals surface area contributed by atoms with Crippen LogP contribution in [0.3, 0.4) is 0 Å². The Morgan fingerprint density at radius 3 is 1.76 bits per heavy atom. The quantitative estimate of drug-likeness (QED) is 0.176. The van der Waals surface area contributed by atoms with Crippen LogP contribution in [-0.2, 0) is 27.1 Å². The van der Waals surface area contributed by atoms with Crippen molar-refractivity contribution in [1.29, 1.82) is 0 Å². The Morgan fingerprint density at radius 1 is 0.389 bits per heavy atom. The first-order chi connectivity index (χ1) is 25.5. The van der Waals surface area contributed by atoms with Gasteiger partial charge in [0.15, 0.2) is 0 Å². The lowest BCUT2D eigenvalue weighted by Crippen LogP contribution is -2.34. The van der Waals surface area contributed by atoms with Gasteiger partial charge in [0.1, 0.15) is 0 Å². The number of rotatable bonds is 4. The third kappa shape index (κ3) is 5.17. The molecule has 0 amide bonds. The molecule has 0 saturated heterocycles. The molecule has 54 heavy (non-hydrogen) atoms. The van der Waals surface area contributed by atoms with Crippen LogP contribution < -0.4 is 4.90 Å². The van der Waals surface area contributed by atoms with Gasteiger partial charge >= 0.3 is 0 Å². The van der Waals surface area contributed by atoms with Crippen LogP contribution >= 0.6 is 0 Å². The number of benzene rings is 6. The zero-order valence-electron chi connectivity index (χ0n) is 34.2. The lowest BCUT2D eigenvalue weighted by molar-refractivity contribution is 0.332. The second kappa shape index (κ2) is 11.7.